The third-order valence-electron chi connectivity index (χ3n) is 4.29. The number of esters is 1. The molecule has 122 valence electrons. The third-order valence-corrected chi connectivity index (χ3v) is 4.76. The molecule has 0 radical (unpaired) electrons. The predicted molar refractivity (Wildman–Crippen MR) is 90.2 cm³/mol. The largest absolute Gasteiger partial charge is 0.459 e. The Kier molecular flexibility index (Phi) is 5.10. The van der Waals surface area contributed by atoms with Gasteiger partial charge in [0.05, 0.1) is 5.69 Å². The maximum absolute atomic E-state index is 12.1. The highest BCUT2D eigenvalue weighted by Gasteiger charge is 2.16. The number of hydrogen-bond donors (Lipinski definition) is 0. The van der Waals surface area contributed by atoms with Crippen LogP contribution in [0.3, 0.4) is 0 Å². The number of hydrogen-bond acceptors (Lipinski definition) is 4. The van der Waals surface area contributed by atoms with Gasteiger partial charge in [-0.05, 0) is 40.4 Å². The summed E-state index contributed by atoms with van der Waals surface area (Å²) in [6.45, 7) is 0.0469. The Bertz CT molecular complexity index is 766. The van der Waals surface area contributed by atoms with Crippen molar-refractivity contribution in [3.63, 3.8) is 0 Å². The summed E-state index contributed by atoms with van der Waals surface area (Å²) in [5, 5.41) is 0. The van der Waals surface area contributed by atoms with Gasteiger partial charge in [0.2, 0.25) is 0 Å². The van der Waals surface area contributed by atoms with Gasteiger partial charge in [-0.25, -0.2) is 4.98 Å². The van der Waals surface area contributed by atoms with Crippen LogP contribution in [0.2, 0.25) is 0 Å². The quantitative estimate of drug-likeness (QED) is 0.747. The fourth-order valence-electron chi connectivity index (χ4n) is 3.05. The van der Waals surface area contributed by atoms with Crippen LogP contribution in [0.1, 0.15) is 44.2 Å². The second kappa shape index (κ2) is 7.25. The molecule has 1 aliphatic rings. The zero-order valence-electron chi connectivity index (χ0n) is 12.8. The molecule has 6 heteroatoms. The Hall–Kier alpha value is -1.69. The molecular formula is C17H19BrN2O3. The minimum Gasteiger partial charge on any atom is -0.459 e. The first-order valence-electron chi connectivity index (χ1n) is 7.95. The molecule has 0 aliphatic heterocycles. The molecule has 5 nitrogen and oxygen atoms in total. The van der Waals surface area contributed by atoms with Crippen molar-refractivity contribution in [2.24, 2.45) is 5.92 Å². The Morgan fingerprint density at radius 3 is 2.91 bits per heavy atom. The van der Waals surface area contributed by atoms with Crippen molar-refractivity contribution >= 4 is 27.5 Å². The second-order valence-corrected chi connectivity index (χ2v) is 6.93. The van der Waals surface area contributed by atoms with Crippen molar-refractivity contribution in [3.8, 4) is 0 Å². The zero-order valence-corrected chi connectivity index (χ0v) is 14.4. The summed E-state index contributed by atoms with van der Waals surface area (Å²) < 4.78 is 7.52. The van der Waals surface area contributed by atoms with Gasteiger partial charge in [0.1, 0.15) is 12.3 Å². The molecule has 2 heterocycles. The van der Waals surface area contributed by atoms with Crippen LogP contribution in [0.15, 0.2) is 33.7 Å². The Labute approximate surface area is 142 Å². The van der Waals surface area contributed by atoms with E-state index in [0.717, 1.165) is 10.9 Å². The molecule has 0 atom stereocenters. The number of aromatic nitrogens is 2. The molecule has 1 fully saturated rings. The number of fused-ring (bicyclic) bond motifs is 1. The van der Waals surface area contributed by atoms with Crippen molar-refractivity contribution in [2.75, 3.05) is 0 Å². The number of nitrogens with zero attached hydrogens (tertiary/aromatic N) is 2. The minimum absolute atomic E-state index is 0.0469. The van der Waals surface area contributed by atoms with Gasteiger partial charge in [0.15, 0.2) is 0 Å². The fraction of sp³-hybridized carbons (Fsp3) is 0.471. The molecule has 23 heavy (non-hydrogen) atoms. The van der Waals surface area contributed by atoms with Gasteiger partial charge in [-0.1, -0.05) is 25.7 Å². The average molecular weight is 379 g/mol. The summed E-state index contributed by atoms with van der Waals surface area (Å²) in [5.41, 5.74) is 0.831. The lowest BCUT2D eigenvalue weighted by Gasteiger charge is -2.09. The molecule has 0 N–H and O–H groups in total. The summed E-state index contributed by atoms with van der Waals surface area (Å²) in [6, 6.07) is 4.97. The van der Waals surface area contributed by atoms with E-state index in [1.165, 1.54) is 36.2 Å². The highest BCUT2D eigenvalue weighted by molar-refractivity contribution is 9.10. The minimum atomic E-state index is -0.213. The molecule has 0 bridgehead atoms. The van der Waals surface area contributed by atoms with Crippen LogP contribution >= 0.6 is 15.9 Å². The van der Waals surface area contributed by atoms with Crippen LogP contribution < -0.4 is 5.56 Å². The molecule has 0 spiro atoms. The topological polar surface area (TPSA) is 60.7 Å². The normalized spacial score (nSPS) is 15.2. The van der Waals surface area contributed by atoms with Crippen LogP contribution in [0, 0.1) is 5.92 Å². The van der Waals surface area contributed by atoms with E-state index in [1.807, 2.05) is 6.07 Å². The van der Waals surface area contributed by atoms with Gasteiger partial charge in [-0.15, -0.1) is 0 Å². The van der Waals surface area contributed by atoms with Crippen LogP contribution in [-0.2, 0) is 16.1 Å². The van der Waals surface area contributed by atoms with Crippen molar-refractivity contribution in [1.82, 2.24) is 9.38 Å². The summed E-state index contributed by atoms with van der Waals surface area (Å²) in [4.78, 5) is 28.2. The molecule has 0 aromatic carbocycles. The van der Waals surface area contributed by atoms with Crippen LogP contribution in [0.4, 0.5) is 0 Å². The zero-order chi connectivity index (χ0) is 16.2. The molecule has 0 amide bonds. The lowest BCUT2D eigenvalue weighted by molar-refractivity contribution is -0.145. The van der Waals surface area contributed by atoms with Gasteiger partial charge < -0.3 is 4.74 Å². The molecular weight excluding hydrogens is 360 g/mol. The molecule has 0 saturated heterocycles. The monoisotopic (exact) mass is 378 g/mol. The highest BCUT2D eigenvalue weighted by Crippen LogP contribution is 2.28. The fourth-order valence-corrected chi connectivity index (χ4v) is 3.38. The van der Waals surface area contributed by atoms with E-state index in [1.54, 1.807) is 12.3 Å². The standard InChI is InChI=1S/C17H19BrN2O3/c18-13-6-7-15-19-14(9-16(21)20(15)10-13)11-23-17(22)8-5-12-3-1-2-4-12/h6-7,9-10,12H,1-5,8,11H2. The van der Waals surface area contributed by atoms with E-state index in [-0.39, 0.29) is 18.1 Å². The van der Waals surface area contributed by atoms with Crippen LogP contribution in [0.25, 0.3) is 5.65 Å². The predicted octanol–water partition coefficient (Wildman–Crippen LogP) is 3.47. The van der Waals surface area contributed by atoms with E-state index in [4.69, 9.17) is 4.74 Å². The van der Waals surface area contributed by atoms with Crippen molar-refractivity contribution in [2.45, 2.75) is 45.1 Å². The number of halogens is 1. The number of ether oxygens (including phenoxy) is 1. The third kappa shape index (κ3) is 4.19. The number of carbonyl (C=O) groups excluding carboxylic acids is 1. The van der Waals surface area contributed by atoms with Crippen LogP contribution in [0.5, 0.6) is 0 Å². The highest BCUT2D eigenvalue weighted by atomic mass is 79.9. The van der Waals surface area contributed by atoms with Crippen molar-refractivity contribution < 1.29 is 9.53 Å². The van der Waals surface area contributed by atoms with Crippen molar-refractivity contribution in [1.29, 1.82) is 0 Å². The van der Waals surface area contributed by atoms with E-state index < -0.39 is 0 Å². The maximum Gasteiger partial charge on any atom is 0.306 e. The van der Waals surface area contributed by atoms with Crippen LogP contribution in [-0.4, -0.2) is 15.4 Å². The van der Waals surface area contributed by atoms with E-state index >= 15 is 0 Å². The lowest BCUT2D eigenvalue weighted by Crippen LogP contribution is -2.16. The first-order valence-corrected chi connectivity index (χ1v) is 8.74. The molecule has 1 saturated carbocycles. The van der Waals surface area contributed by atoms with Gasteiger partial charge in [0.25, 0.3) is 5.56 Å². The summed E-state index contributed by atoms with van der Waals surface area (Å²) in [5.74, 6) is 0.458. The molecule has 2 aromatic heterocycles. The number of carbonyl (C=O) groups is 1. The van der Waals surface area contributed by atoms with E-state index in [0.29, 0.717) is 23.7 Å². The smallest absolute Gasteiger partial charge is 0.306 e. The lowest BCUT2D eigenvalue weighted by atomic mass is 10.0. The number of rotatable bonds is 5. The van der Waals surface area contributed by atoms with Crippen molar-refractivity contribution in [3.05, 3.63) is 44.9 Å². The van der Waals surface area contributed by atoms with Gasteiger partial charge in [-0.2, -0.15) is 0 Å². The first-order chi connectivity index (χ1) is 11.1. The van der Waals surface area contributed by atoms with E-state index in [2.05, 4.69) is 20.9 Å². The molecule has 1 aliphatic carbocycles. The molecule has 0 unspecified atom stereocenters. The SMILES string of the molecule is O=C(CCC1CCCC1)OCc1cc(=O)n2cc(Br)ccc2n1. The second-order valence-electron chi connectivity index (χ2n) is 6.01. The Morgan fingerprint density at radius 1 is 1.35 bits per heavy atom. The first kappa shape index (κ1) is 16.2. The maximum atomic E-state index is 12.1. The Balaban J connectivity index is 1.59. The number of pyridine rings is 1. The molecule has 2 aromatic rings. The van der Waals surface area contributed by atoms with Gasteiger partial charge >= 0.3 is 5.97 Å². The van der Waals surface area contributed by atoms with Gasteiger partial charge in [0, 0.05) is 23.2 Å². The van der Waals surface area contributed by atoms with Gasteiger partial charge in [-0.3, -0.25) is 14.0 Å². The molecule has 3 rings (SSSR count). The summed E-state index contributed by atoms with van der Waals surface area (Å²) in [6.07, 6.45) is 8.03. The average Bonchev–Trinajstić information content (AvgIpc) is 3.05. The Morgan fingerprint density at radius 2 is 2.13 bits per heavy atom. The van der Waals surface area contributed by atoms with E-state index in [9.17, 15) is 9.59 Å². The summed E-state index contributed by atoms with van der Waals surface area (Å²) >= 11 is 3.32. The summed E-state index contributed by atoms with van der Waals surface area (Å²) in [7, 11) is 0.